The van der Waals surface area contributed by atoms with Crippen molar-refractivity contribution in [3.8, 4) is 0 Å². The molecule has 1 aliphatic rings. The second-order valence-corrected chi connectivity index (χ2v) is 7.25. The van der Waals surface area contributed by atoms with E-state index in [4.69, 9.17) is 0 Å². The number of carbonyl (C=O) groups is 2. The first-order valence-corrected chi connectivity index (χ1v) is 9.31. The molecule has 28 heavy (non-hydrogen) atoms. The van der Waals surface area contributed by atoms with Crippen molar-refractivity contribution in [3.63, 3.8) is 0 Å². The summed E-state index contributed by atoms with van der Waals surface area (Å²) in [7, 11) is 0. The Kier molecular flexibility index (Phi) is 4.67. The predicted molar refractivity (Wildman–Crippen MR) is 109 cm³/mol. The van der Waals surface area contributed by atoms with Crippen LogP contribution in [-0.2, 0) is 11.3 Å². The number of hydrogen-bond acceptors (Lipinski definition) is 5. The standard InChI is InChI=1S/C21H14N2O4S/c24-20-19(12-16-6-3-5-15-4-1-2-7-18(15)16)28-21(25)22(20)13-14-8-10-17(11-9-14)23(26)27/h1-12H,13H2/b19-12-. The summed E-state index contributed by atoms with van der Waals surface area (Å²) in [5.74, 6) is -0.360. The van der Waals surface area contributed by atoms with E-state index in [0.29, 0.717) is 10.5 Å². The fraction of sp³-hybridized carbons (Fsp3) is 0.0476. The minimum absolute atomic E-state index is 0.0336. The zero-order valence-corrected chi connectivity index (χ0v) is 15.4. The number of amides is 2. The van der Waals surface area contributed by atoms with Crippen LogP contribution in [0.25, 0.3) is 16.8 Å². The summed E-state index contributed by atoms with van der Waals surface area (Å²) in [6, 6.07) is 19.5. The number of benzene rings is 3. The molecule has 0 saturated carbocycles. The van der Waals surface area contributed by atoms with Gasteiger partial charge in [0.1, 0.15) is 0 Å². The smallest absolute Gasteiger partial charge is 0.268 e. The van der Waals surface area contributed by atoms with Crippen molar-refractivity contribution in [2.75, 3.05) is 0 Å². The molecule has 2 amide bonds. The van der Waals surface area contributed by atoms with Crippen LogP contribution in [0, 0.1) is 10.1 Å². The number of nitrogens with zero attached hydrogens (tertiary/aromatic N) is 2. The molecule has 0 atom stereocenters. The molecular formula is C21H14N2O4S. The molecule has 1 fully saturated rings. The molecule has 0 aliphatic carbocycles. The summed E-state index contributed by atoms with van der Waals surface area (Å²) >= 11 is 0.903. The minimum Gasteiger partial charge on any atom is -0.268 e. The molecule has 1 heterocycles. The van der Waals surface area contributed by atoms with Gasteiger partial charge in [-0.3, -0.25) is 24.6 Å². The molecule has 4 rings (SSSR count). The predicted octanol–water partition coefficient (Wildman–Crippen LogP) is 4.98. The number of imide groups is 1. The van der Waals surface area contributed by atoms with Crippen LogP contribution >= 0.6 is 11.8 Å². The minimum atomic E-state index is -0.489. The van der Waals surface area contributed by atoms with Gasteiger partial charge in [-0.25, -0.2) is 0 Å². The Labute approximate surface area is 164 Å². The van der Waals surface area contributed by atoms with Crippen LogP contribution in [0.4, 0.5) is 10.5 Å². The topological polar surface area (TPSA) is 80.5 Å². The molecule has 0 spiro atoms. The van der Waals surface area contributed by atoms with E-state index < -0.39 is 4.92 Å². The van der Waals surface area contributed by atoms with Crippen molar-refractivity contribution in [1.29, 1.82) is 0 Å². The van der Waals surface area contributed by atoms with Crippen LogP contribution in [0.3, 0.4) is 0 Å². The Morgan fingerprint density at radius 3 is 2.43 bits per heavy atom. The molecule has 7 heteroatoms. The van der Waals surface area contributed by atoms with Crippen LogP contribution < -0.4 is 0 Å². The van der Waals surface area contributed by atoms with E-state index in [1.807, 2.05) is 42.5 Å². The number of rotatable bonds is 4. The number of nitro benzene ring substituents is 1. The molecule has 1 saturated heterocycles. The number of hydrogen-bond donors (Lipinski definition) is 0. The van der Waals surface area contributed by atoms with Crippen LogP contribution in [0.15, 0.2) is 71.6 Å². The lowest BCUT2D eigenvalue weighted by molar-refractivity contribution is -0.384. The SMILES string of the molecule is O=C1S/C(=C\c2cccc3ccccc23)C(=O)N1Cc1ccc([N+](=O)[O-])cc1. The first kappa shape index (κ1) is 17.9. The molecule has 0 radical (unpaired) electrons. The third kappa shape index (κ3) is 3.39. The van der Waals surface area contributed by atoms with Crippen molar-refractivity contribution in [2.45, 2.75) is 6.54 Å². The highest BCUT2D eigenvalue weighted by Gasteiger charge is 2.35. The van der Waals surface area contributed by atoms with Gasteiger partial charge in [-0.15, -0.1) is 0 Å². The quantitative estimate of drug-likeness (QED) is 0.356. The van der Waals surface area contributed by atoms with Crippen molar-refractivity contribution in [2.24, 2.45) is 0 Å². The van der Waals surface area contributed by atoms with Crippen molar-refractivity contribution < 1.29 is 14.5 Å². The van der Waals surface area contributed by atoms with E-state index in [1.165, 1.54) is 12.1 Å². The Hall–Kier alpha value is -3.45. The molecule has 138 valence electrons. The van der Waals surface area contributed by atoms with Gasteiger partial charge in [-0.2, -0.15) is 0 Å². The largest absolute Gasteiger partial charge is 0.293 e. The summed E-state index contributed by atoms with van der Waals surface area (Å²) in [6.45, 7) is 0.0789. The zero-order chi connectivity index (χ0) is 19.7. The van der Waals surface area contributed by atoms with Crippen molar-refractivity contribution in [3.05, 3.63) is 92.9 Å². The highest BCUT2D eigenvalue weighted by molar-refractivity contribution is 8.18. The molecule has 1 aliphatic heterocycles. The van der Waals surface area contributed by atoms with Gasteiger partial charge in [0.15, 0.2) is 0 Å². The Morgan fingerprint density at radius 2 is 1.68 bits per heavy atom. The molecule has 0 N–H and O–H groups in total. The molecule has 3 aromatic carbocycles. The molecule has 0 aromatic heterocycles. The van der Waals surface area contributed by atoms with E-state index in [-0.39, 0.29) is 23.4 Å². The normalized spacial score (nSPS) is 15.6. The van der Waals surface area contributed by atoms with Gasteiger partial charge in [-0.1, -0.05) is 54.6 Å². The van der Waals surface area contributed by atoms with Gasteiger partial charge in [0.2, 0.25) is 0 Å². The summed E-state index contributed by atoms with van der Waals surface area (Å²) in [5, 5.41) is 12.5. The van der Waals surface area contributed by atoms with Crippen LogP contribution in [-0.4, -0.2) is 21.0 Å². The molecule has 0 bridgehead atoms. The molecular weight excluding hydrogens is 376 g/mol. The van der Waals surface area contributed by atoms with E-state index in [2.05, 4.69) is 0 Å². The average Bonchev–Trinajstić information content (AvgIpc) is 2.96. The second-order valence-electron chi connectivity index (χ2n) is 6.26. The van der Waals surface area contributed by atoms with Crippen LogP contribution in [0.5, 0.6) is 0 Å². The highest BCUT2D eigenvalue weighted by Crippen LogP contribution is 2.34. The van der Waals surface area contributed by atoms with Gasteiger partial charge in [0, 0.05) is 12.1 Å². The summed E-state index contributed by atoms with van der Waals surface area (Å²) < 4.78 is 0. The zero-order valence-electron chi connectivity index (χ0n) is 14.6. The van der Waals surface area contributed by atoms with Gasteiger partial charge >= 0.3 is 0 Å². The number of non-ortho nitro benzene ring substituents is 1. The van der Waals surface area contributed by atoms with Crippen LogP contribution in [0.1, 0.15) is 11.1 Å². The molecule has 6 nitrogen and oxygen atoms in total. The summed E-state index contributed by atoms with van der Waals surface area (Å²) in [4.78, 5) is 36.9. The number of thioether (sulfide) groups is 1. The lowest BCUT2D eigenvalue weighted by atomic mass is 10.0. The molecule has 0 unspecified atom stereocenters. The maximum atomic E-state index is 12.7. The Morgan fingerprint density at radius 1 is 0.964 bits per heavy atom. The lowest BCUT2D eigenvalue weighted by Crippen LogP contribution is -2.27. The monoisotopic (exact) mass is 390 g/mol. The number of nitro groups is 1. The second kappa shape index (κ2) is 7.28. The van der Waals surface area contributed by atoms with Gasteiger partial charge in [0.25, 0.3) is 16.8 Å². The van der Waals surface area contributed by atoms with Crippen LogP contribution in [0.2, 0.25) is 0 Å². The Balaban J connectivity index is 1.60. The van der Waals surface area contributed by atoms with Gasteiger partial charge < -0.3 is 0 Å². The number of carbonyl (C=O) groups excluding carboxylic acids is 2. The lowest BCUT2D eigenvalue weighted by Gasteiger charge is -2.12. The highest BCUT2D eigenvalue weighted by atomic mass is 32.2. The third-order valence-corrected chi connectivity index (χ3v) is 5.38. The first-order chi connectivity index (χ1) is 13.5. The average molecular weight is 390 g/mol. The van der Waals surface area contributed by atoms with Gasteiger partial charge in [0.05, 0.1) is 16.4 Å². The van der Waals surface area contributed by atoms with Gasteiger partial charge in [-0.05, 0) is 39.7 Å². The third-order valence-electron chi connectivity index (χ3n) is 4.47. The fourth-order valence-electron chi connectivity index (χ4n) is 3.06. The first-order valence-electron chi connectivity index (χ1n) is 8.49. The summed E-state index contributed by atoms with van der Waals surface area (Å²) in [5.41, 5.74) is 1.49. The van der Waals surface area contributed by atoms with Crippen molar-refractivity contribution in [1.82, 2.24) is 4.90 Å². The fourth-order valence-corrected chi connectivity index (χ4v) is 3.89. The molecule has 3 aromatic rings. The van der Waals surface area contributed by atoms with E-state index in [1.54, 1.807) is 18.2 Å². The maximum absolute atomic E-state index is 12.7. The number of fused-ring (bicyclic) bond motifs is 1. The van der Waals surface area contributed by atoms with E-state index in [9.17, 15) is 19.7 Å². The van der Waals surface area contributed by atoms with E-state index in [0.717, 1.165) is 33.0 Å². The van der Waals surface area contributed by atoms with Crippen molar-refractivity contribution >= 4 is 45.4 Å². The maximum Gasteiger partial charge on any atom is 0.293 e. The Bertz CT molecular complexity index is 1130. The van der Waals surface area contributed by atoms with E-state index >= 15 is 0 Å². The summed E-state index contributed by atoms with van der Waals surface area (Å²) in [6.07, 6.45) is 1.74.